The Hall–Kier alpha value is -12.4. The quantitative estimate of drug-likeness (QED) is 0.134. The SMILES string of the molecule is CC.CC.CC.CC.CC.CC.CC.CC.CC.CC.CC.CC.CC.CC.CC.Cc1ccc2c(c1)-c1cc(C)ccc1C2(C)C.Cc1ccc2c(c1)C(C)(C)c1cc(C)ccc1-2.Cc1ccc2c(c1)c1ccccc1n2C.Cc1ccc2c(ccc3cc(C)ccc32)c1.Cc1ccc2c3ccc(C)cc3c3ccccc3c2c1.Cc1ccc2c3ccccc3n(C)c2c1.Cc1cccc2c1C(C)(C)c1c(C)cccc1-2. The first kappa shape index (κ1) is 133. The summed E-state index contributed by atoms with van der Waals surface area (Å²) >= 11 is 0. The summed E-state index contributed by atoms with van der Waals surface area (Å²) in [7, 11) is 4.25. The molecule has 2 heterocycles. The molecule has 3 aliphatic rings. The van der Waals surface area contributed by atoms with Gasteiger partial charge in [0, 0.05) is 74.0 Å². The molecule has 790 valence electrons. The topological polar surface area (TPSA) is 9.86 Å². The van der Waals surface area contributed by atoms with Crippen molar-refractivity contribution < 1.29 is 0 Å². The lowest BCUT2D eigenvalue weighted by Crippen LogP contribution is -2.17. The summed E-state index contributed by atoms with van der Waals surface area (Å²) in [6.45, 7) is 100.0. The number of aromatic nitrogens is 2. The first-order chi connectivity index (χ1) is 71.0. The van der Waals surface area contributed by atoms with Crippen molar-refractivity contribution in [3.05, 3.63) is 403 Å². The molecule has 0 saturated carbocycles. The monoisotopic (exact) mass is 1970 g/mol. The Morgan fingerprint density at radius 1 is 0.150 bits per heavy atom. The molecule has 2 nitrogen and oxygen atoms in total. The Bertz CT molecular complexity index is 6810. The van der Waals surface area contributed by atoms with Crippen molar-refractivity contribution in [2.45, 2.75) is 349 Å². The number of hydrogen-bond donors (Lipinski definition) is 0. The van der Waals surface area contributed by atoms with Gasteiger partial charge in [-0.1, -0.05) is 572 Å². The van der Waals surface area contributed by atoms with E-state index in [0.717, 1.165) is 0 Å². The van der Waals surface area contributed by atoms with Gasteiger partial charge in [-0.25, -0.2) is 0 Å². The minimum absolute atomic E-state index is 0.140. The van der Waals surface area contributed by atoms with Gasteiger partial charge in [0.25, 0.3) is 0 Å². The van der Waals surface area contributed by atoms with Crippen LogP contribution < -0.4 is 0 Å². The van der Waals surface area contributed by atoms with Crippen LogP contribution in [-0.2, 0) is 30.3 Å². The molecule has 147 heavy (non-hydrogen) atoms. The van der Waals surface area contributed by atoms with Crippen LogP contribution in [0.4, 0.5) is 0 Å². The van der Waals surface area contributed by atoms with E-state index >= 15 is 0 Å². The minimum Gasteiger partial charge on any atom is -0.344 e. The maximum Gasteiger partial charge on any atom is 0.0491 e. The number of para-hydroxylation sites is 2. The summed E-state index contributed by atoms with van der Waals surface area (Å²) in [6.07, 6.45) is 0. The zero-order valence-corrected chi connectivity index (χ0v) is 102. The number of nitrogens with zero attached hydrogens (tertiary/aromatic N) is 2. The maximum atomic E-state index is 2.34. The van der Waals surface area contributed by atoms with Gasteiger partial charge in [-0.3, -0.25) is 0 Å². The normalized spacial score (nSPS) is 11.1. The van der Waals surface area contributed by atoms with Gasteiger partial charge in [-0.2, -0.15) is 0 Å². The Kier molecular flexibility index (Phi) is 60.3. The highest BCUT2D eigenvalue weighted by Gasteiger charge is 2.39. The average Bonchev–Trinajstić information content (AvgIpc) is 1.56. The molecule has 0 radical (unpaired) electrons. The second kappa shape index (κ2) is 66.8. The van der Waals surface area contributed by atoms with E-state index in [1.54, 1.807) is 0 Å². The smallest absolute Gasteiger partial charge is 0.0491 e. The van der Waals surface area contributed by atoms with Crippen molar-refractivity contribution in [3.63, 3.8) is 0 Å². The molecule has 0 spiro atoms. The van der Waals surface area contributed by atoms with Crippen molar-refractivity contribution >= 4 is 97.5 Å². The van der Waals surface area contributed by atoms with E-state index in [9.17, 15) is 0 Å². The summed E-state index contributed by atoms with van der Waals surface area (Å²) in [5.74, 6) is 0. The first-order valence-corrected chi connectivity index (χ1v) is 56.8. The largest absolute Gasteiger partial charge is 0.344 e. The molecule has 0 bridgehead atoms. The molecule has 2 aromatic heterocycles. The van der Waals surface area contributed by atoms with Crippen molar-refractivity contribution in [2.24, 2.45) is 14.1 Å². The third-order valence-corrected chi connectivity index (χ3v) is 25.5. The summed E-state index contributed by atoms with van der Waals surface area (Å²) in [5.41, 5.74) is 39.1. The number of fused-ring (bicyclic) bond motifs is 24. The Morgan fingerprint density at radius 3 is 0.762 bits per heavy atom. The molecule has 17 aromatic carbocycles. The first-order valence-electron chi connectivity index (χ1n) is 56.8. The average molecular weight is 1970 g/mol. The molecule has 0 amide bonds. The van der Waals surface area contributed by atoms with E-state index in [0.29, 0.717) is 0 Å². The van der Waals surface area contributed by atoms with Crippen molar-refractivity contribution in [3.8, 4) is 33.4 Å². The molecule has 0 unspecified atom stereocenters. The Labute approximate surface area is 899 Å². The van der Waals surface area contributed by atoms with Crippen molar-refractivity contribution in [1.29, 1.82) is 0 Å². The number of hydrogen-bond acceptors (Lipinski definition) is 0. The number of benzene rings is 17. The van der Waals surface area contributed by atoms with Gasteiger partial charge in [0.15, 0.2) is 0 Å². The van der Waals surface area contributed by atoms with Crippen LogP contribution in [0.15, 0.2) is 303 Å². The fourth-order valence-corrected chi connectivity index (χ4v) is 19.6. The van der Waals surface area contributed by atoms with Crippen LogP contribution in [0.5, 0.6) is 0 Å². The van der Waals surface area contributed by atoms with E-state index in [2.05, 4.69) is 451 Å². The molecule has 0 N–H and O–H groups in total. The lowest BCUT2D eigenvalue weighted by Gasteiger charge is -2.24. The molecule has 3 aliphatic carbocycles. The minimum atomic E-state index is 0.140. The molecule has 0 aliphatic heterocycles. The Morgan fingerprint density at radius 2 is 0.395 bits per heavy atom. The standard InChI is InChI=1S/C20H16.3C17H18.C16H14.2C14H13N.15C2H6/c1-13-7-9-17-18-10-8-14(2)12-20(18)16-6-4-3-5-15(16)19(17)11-13;1-11-5-7-15-13(9-11)14-10-12(2)6-8-16(14)17(15,3)4;1-11-5-7-13-14-8-6-12(2)10-16(14)17(3,4)15(13)9-11;1-11-7-5-9-13-14-10-6-8-12(2)16(14)17(3,4)15(11)13;1-11-3-7-15-13(9-11)5-6-14-10-12(2)4-8-16(14)15;1-10-7-8-14-12(9-10)11-5-3-4-6-13(11)15(14)2;1-10-7-8-12-11-5-3-4-6-13(11)15(2)14(12)9-10;15*1-2/h3-12H,1-2H3;3*5-10H,1-4H3;3-10H,1-2H3;2*3-9H,1-2H3;15*1-2H3. The van der Waals surface area contributed by atoms with Gasteiger partial charge in [0.05, 0.1) is 0 Å². The summed E-state index contributed by atoms with van der Waals surface area (Å²) in [4.78, 5) is 0. The maximum absolute atomic E-state index is 2.34. The van der Waals surface area contributed by atoms with Crippen molar-refractivity contribution in [2.75, 3.05) is 0 Å². The number of rotatable bonds is 0. The van der Waals surface area contributed by atoms with Gasteiger partial charge in [0.2, 0.25) is 0 Å². The fraction of sp³-hybridized carbons (Fsp3) is 0.366. The lowest BCUT2D eigenvalue weighted by atomic mass is 9.79. The van der Waals surface area contributed by atoms with Gasteiger partial charge >= 0.3 is 0 Å². The van der Waals surface area contributed by atoms with Crippen LogP contribution in [0.2, 0.25) is 0 Å². The van der Waals surface area contributed by atoms with Crippen LogP contribution >= 0.6 is 0 Å². The zero-order valence-electron chi connectivity index (χ0n) is 102. The third-order valence-electron chi connectivity index (χ3n) is 25.5. The molecule has 22 rings (SSSR count). The highest BCUT2D eigenvalue weighted by molar-refractivity contribution is 6.25. The van der Waals surface area contributed by atoms with E-state index in [-0.39, 0.29) is 16.2 Å². The van der Waals surface area contributed by atoms with Crippen LogP contribution in [0.25, 0.3) is 131 Å². The van der Waals surface area contributed by atoms with E-state index in [1.165, 1.54) is 231 Å². The van der Waals surface area contributed by atoms with Gasteiger partial charge in [-0.15, -0.1) is 0 Å². The molecule has 2 heteroatoms. The van der Waals surface area contributed by atoms with Crippen LogP contribution in [0, 0.1) is 83.1 Å². The number of aryl methyl sites for hydroxylation is 14. The lowest BCUT2D eigenvalue weighted by molar-refractivity contribution is 0.651. The summed E-state index contributed by atoms with van der Waals surface area (Å²) in [5, 5.41) is 18.9. The van der Waals surface area contributed by atoms with Gasteiger partial charge < -0.3 is 9.13 Å². The molecule has 0 saturated heterocycles. The summed E-state index contributed by atoms with van der Waals surface area (Å²) < 4.78 is 4.52. The molecule has 0 fully saturated rings. The van der Waals surface area contributed by atoms with Crippen LogP contribution in [-0.4, -0.2) is 9.13 Å². The van der Waals surface area contributed by atoms with E-state index in [4.69, 9.17) is 0 Å². The predicted molar refractivity (Wildman–Crippen MR) is 680 cm³/mol. The molecular formula is C145H200N2. The van der Waals surface area contributed by atoms with Crippen LogP contribution in [0.1, 0.15) is 349 Å². The van der Waals surface area contributed by atoms with E-state index in [1.807, 2.05) is 208 Å². The molecule has 0 atom stereocenters. The zero-order chi connectivity index (χ0) is 112. The summed E-state index contributed by atoms with van der Waals surface area (Å²) in [6, 6.07) is 111. The second-order valence-electron chi connectivity index (χ2n) is 35.4. The third kappa shape index (κ3) is 31.4. The van der Waals surface area contributed by atoms with Gasteiger partial charge in [-0.05, 0) is 251 Å². The highest BCUT2D eigenvalue weighted by Crippen LogP contribution is 2.53. The predicted octanol–water partition coefficient (Wildman–Crippen LogP) is 46.9. The Balaban J connectivity index is 0.000000822. The molecule has 19 aromatic rings. The molecular weight excluding hydrogens is 1770 g/mol. The van der Waals surface area contributed by atoms with Crippen LogP contribution in [0.3, 0.4) is 0 Å². The highest BCUT2D eigenvalue weighted by atomic mass is 14.9. The van der Waals surface area contributed by atoms with Gasteiger partial charge in [0.1, 0.15) is 0 Å². The second-order valence-corrected chi connectivity index (χ2v) is 35.4. The van der Waals surface area contributed by atoms with E-state index < -0.39 is 0 Å². The van der Waals surface area contributed by atoms with Crippen molar-refractivity contribution in [1.82, 2.24) is 9.13 Å². The fourth-order valence-electron chi connectivity index (χ4n) is 19.6.